The van der Waals surface area contributed by atoms with E-state index in [1.807, 2.05) is 44.2 Å². The molecule has 2 bridgehead atoms. The molecular weight excluding hydrogens is 629 g/mol. The van der Waals surface area contributed by atoms with Gasteiger partial charge in [0.1, 0.15) is 6.10 Å². The zero-order valence-corrected chi connectivity index (χ0v) is 29.1. The van der Waals surface area contributed by atoms with Crippen molar-refractivity contribution in [3.63, 3.8) is 0 Å². The fourth-order valence-electron chi connectivity index (χ4n) is 6.80. The van der Waals surface area contributed by atoms with E-state index in [9.17, 15) is 24.6 Å². The van der Waals surface area contributed by atoms with Crippen LogP contribution in [-0.4, -0.2) is 84.7 Å². The average molecular weight is 678 g/mol. The number of rotatable bonds is 15. The smallest absolute Gasteiger partial charge is 0.394 e. The van der Waals surface area contributed by atoms with E-state index in [0.29, 0.717) is 29.4 Å². The van der Waals surface area contributed by atoms with E-state index in [1.165, 1.54) is 36.5 Å². The summed E-state index contributed by atoms with van der Waals surface area (Å²) in [5, 5.41) is 22.6. The molecule has 3 heterocycles. The van der Waals surface area contributed by atoms with Gasteiger partial charge in [-0.2, -0.15) is 0 Å². The minimum absolute atomic E-state index is 0.00921. The van der Waals surface area contributed by atoms with Gasteiger partial charge in [-0.3, -0.25) is 4.79 Å². The molecule has 2 unspecified atom stereocenters. The first kappa shape index (κ1) is 36.5. The third-order valence-electron chi connectivity index (χ3n) is 9.39. The number of carbonyl (C=O) groups excluding carboxylic acids is 2. The number of hydrogen-bond donors (Lipinski definition) is 2. The SMILES string of the molecule is C=C(CCC12OCC3(SCCS3)C(C(=O)O)([OH+]1)[C@H](OC(=O)/C=C/[C@@H](C)C[C@@H](C)CC)[C@H]2O)[C@@H](OC(C)=O)[C@H](C)Cc1ccccc1. The summed E-state index contributed by atoms with van der Waals surface area (Å²) in [6.45, 7) is 13.9. The summed E-state index contributed by atoms with van der Waals surface area (Å²) in [5.41, 5.74) is -0.241. The van der Waals surface area contributed by atoms with Crippen LogP contribution in [0.15, 0.2) is 54.6 Å². The lowest BCUT2D eigenvalue weighted by Gasteiger charge is -2.44. The Bertz CT molecular complexity index is 1280. The van der Waals surface area contributed by atoms with E-state index in [4.69, 9.17) is 18.9 Å². The van der Waals surface area contributed by atoms with Gasteiger partial charge in [-0.1, -0.05) is 77.1 Å². The topological polar surface area (TPSA) is 132 Å². The second-order valence-electron chi connectivity index (χ2n) is 13.0. The minimum Gasteiger partial charge on any atom is -0.475 e. The summed E-state index contributed by atoms with van der Waals surface area (Å²) in [4.78, 5) is 38.5. The average Bonchev–Trinajstić information content (AvgIpc) is 3.57. The third-order valence-corrected chi connectivity index (χ3v) is 13.0. The molecular formula is C35H49O9S2+. The van der Waals surface area contributed by atoms with Crippen LogP contribution < -0.4 is 0 Å². The van der Waals surface area contributed by atoms with Gasteiger partial charge < -0.3 is 29.2 Å². The highest BCUT2D eigenvalue weighted by Crippen LogP contribution is 2.62. The van der Waals surface area contributed by atoms with Crippen molar-refractivity contribution in [2.75, 3.05) is 18.1 Å². The predicted octanol–water partition coefficient (Wildman–Crippen LogP) is 5.30. The summed E-state index contributed by atoms with van der Waals surface area (Å²) >= 11 is 2.84. The molecule has 0 saturated carbocycles. The molecule has 4 rings (SSSR count). The number of aliphatic carboxylic acids is 1. The Morgan fingerprint density at radius 1 is 1.17 bits per heavy atom. The Hall–Kier alpha value is -2.31. The van der Waals surface area contributed by atoms with Crippen LogP contribution in [0.5, 0.6) is 0 Å². The molecule has 46 heavy (non-hydrogen) atoms. The van der Waals surface area contributed by atoms with Crippen molar-refractivity contribution < 1.29 is 43.5 Å². The molecule has 1 spiro atoms. The van der Waals surface area contributed by atoms with Gasteiger partial charge in [0, 0.05) is 30.4 Å². The Labute approximate surface area is 280 Å². The number of allylic oxidation sites excluding steroid dienone is 1. The molecule has 9 nitrogen and oxygen atoms in total. The first-order valence-electron chi connectivity index (χ1n) is 16.1. The van der Waals surface area contributed by atoms with Crippen molar-refractivity contribution in [1.82, 2.24) is 0 Å². The van der Waals surface area contributed by atoms with Gasteiger partial charge in [-0.05, 0) is 42.2 Å². The zero-order valence-electron chi connectivity index (χ0n) is 27.5. The van der Waals surface area contributed by atoms with E-state index in [2.05, 4.69) is 20.4 Å². The lowest BCUT2D eigenvalue weighted by molar-refractivity contribution is -0.390. The Morgan fingerprint density at radius 2 is 1.85 bits per heavy atom. The van der Waals surface area contributed by atoms with Gasteiger partial charge in [0.05, 0.1) is 13.0 Å². The van der Waals surface area contributed by atoms with Crippen LogP contribution in [0.3, 0.4) is 0 Å². The lowest BCUT2D eigenvalue weighted by atomic mass is 9.87. The highest BCUT2D eigenvalue weighted by Gasteiger charge is 2.85. The number of aliphatic hydroxyl groups is 3. The Morgan fingerprint density at radius 3 is 2.46 bits per heavy atom. The molecule has 0 amide bonds. The van der Waals surface area contributed by atoms with Crippen LogP contribution in [0.1, 0.15) is 65.9 Å². The van der Waals surface area contributed by atoms with E-state index in [1.54, 1.807) is 6.08 Å². The molecule has 1 aromatic carbocycles. The number of aliphatic hydroxyl groups excluding tert-OH is 1. The Balaban J connectivity index is 1.57. The number of ether oxygens (including phenoxy) is 4. The molecule has 8 atom stereocenters. The first-order chi connectivity index (χ1) is 21.8. The summed E-state index contributed by atoms with van der Waals surface area (Å²) in [5.74, 6) is -2.23. The number of carboxylic acid groups (broad SMARTS) is 1. The van der Waals surface area contributed by atoms with Gasteiger partial charge in [-0.25, -0.2) is 9.59 Å². The number of thioether (sulfide) groups is 2. The molecule has 3 aliphatic rings. The highest BCUT2D eigenvalue weighted by molar-refractivity contribution is 8.21. The first-order valence-corrected chi connectivity index (χ1v) is 18.1. The number of benzene rings is 1. The maximum absolute atomic E-state index is 13.3. The van der Waals surface area contributed by atoms with Crippen LogP contribution in [0.25, 0.3) is 0 Å². The van der Waals surface area contributed by atoms with E-state index in [0.717, 1.165) is 18.4 Å². The number of esters is 2. The molecule has 3 fully saturated rings. The molecule has 3 N–H and O–H groups in total. The van der Waals surface area contributed by atoms with E-state index in [-0.39, 0.29) is 31.3 Å². The molecule has 1 aromatic rings. The molecule has 0 aromatic heterocycles. The van der Waals surface area contributed by atoms with Crippen LogP contribution in [0, 0.1) is 17.8 Å². The number of carbonyl (C=O) groups is 3. The highest BCUT2D eigenvalue weighted by atomic mass is 32.2. The van der Waals surface area contributed by atoms with Crippen molar-refractivity contribution in [3.8, 4) is 0 Å². The maximum atomic E-state index is 13.3. The van der Waals surface area contributed by atoms with Crippen LogP contribution in [0.2, 0.25) is 0 Å². The van der Waals surface area contributed by atoms with Gasteiger partial charge in [0.25, 0.3) is 0 Å². The van der Waals surface area contributed by atoms with Crippen LogP contribution in [-0.2, 0) is 35.0 Å². The molecule has 3 saturated heterocycles. The molecule has 0 radical (unpaired) electrons. The van der Waals surface area contributed by atoms with Crippen molar-refractivity contribution in [2.45, 2.75) is 101 Å². The standard InChI is InChI=1S/C35H48O9S2/c1-7-22(2)19-23(3)13-14-28(37)43-31-30(38)33(41-21-34(45-17-18-46-34)35(31,44-33)32(39)40)16-15-24(4)29(42-26(6)36)25(5)20-27-11-9-8-10-12-27/h8-14,22-23,25,29-31,38H,4,7,15-21H2,1-3,5-6H3,(H,39,40)/p+1/b14-13+/t22-,23+,25+,29+,30+,31+,33?,35?/m0/s1. The molecule has 254 valence electrons. The Kier molecular flexibility index (Phi) is 12.1. The number of fused-ring (bicyclic) bond motifs is 3. The second-order valence-corrected chi connectivity index (χ2v) is 16.1. The number of hydrogen-bond acceptors (Lipinski definition) is 9. The summed E-state index contributed by atoms with van der Waals surface area (Å²) < 4.78 is 21.6. The van der Waals surface area contributed by atoms with Gasteiger partial charge in [-0.15, -0.1) is 23.5 Å². The van der Waals surface area contributed by atoms with Crippen LogP contribution >= 0.6 is 23.5 Å². The second kappa shape index (κ2) is 15.3. The van der Waals surface area contributed by atoms with Crippen molar-refractivity contribution >= 4 is 41.4 Å². The molecule has 11 heteroatoms. The van der Waals surface area contributed by atoms with E-state index < -0.39 is 51.7 Å². The van der Waals surface area contributed by atoms with Gasteiger partial charge in [0.2, 0.25) is 12.2 Å². The zero-order chi connectivity index (χ0) is 33.7. The summed E-state index contributed by atoms with van der Waals surface area (Å²) in [7, 11) is 0. The van der Waals surface area contributed by atoms with Gasteiger partial charge in [0.15, 0.2) is 4.08 Å². The lowest BCUT2D eigenvalue weighted by Crippen LogP contribution is -2.68. The molecule has 0 aliphatic carbocycles. The van der Waals surface area contributed by atoms with Crippen molar-refractivity contribution in [3.05, 3.63) is 60.2 Å². The monoisotopic (exact) mass is 677 g/mol. The normalized spacial score (nSPS) is 29.3. The third kappa shape index (κ3) is 7.54. The maximum Gasteiger partial charge on any atom is 0.394 e. The van der Waals surface area contributed by atoms with Crippen LogP contribution in [0.4, 0.5) is 0 Å². The van der Waals surface area contributed by atoms with E-state index >= 15 is 0 Å². The van der Waals surface area contributed by atoms with Crippen molar-refractivity contribution in [1.29, 1.82) is 0 Å². The minimum atomic E-state index is -1.93. The molecule has 3 aliphatic heterocycles. The van der Waals surface area contributed by atoms with Gasteiger partial charge >= 0.3 is 29.3 Å². The fraction of sp³-hybridized carbons (Fsp3) is 0.629. The number of carboxylic acids is 1. The van der Waals surface area contributed by atoms with Crippen molar-refractivity contribution in [2.24, 2.45) is 17.8 Å². The largest absolute Gasteiger partial charge is 0.475 e. The summed E-state index contributed by atoms with van der Waals surface area (Å²) in [6.07, 6.45) is 2.33. The summed E-state index contributed by atoms with van der Waals surface area (Å²) in [6, 6.07) is 9.87. The predicted molar refractivity (Wildman–Crippen MR) is 180 cm³/mol. The quantitative estimate of drug-likeness (QED) is 0.109. The fourth-order valence-corrected chi connectivity index (χ4v) is 10.2.